The molecule has 15 heavy (non-hydrogen) atoms. The Labute approximate surface area is 89.2 Å². The predicted molar refractivity (Wildman–Crippen MR) is 56.2 cm³/mol. The number of rotatable bonds is 3. The summed E-state index contributed by atoms with van der Waals surface area (Å²) in [7, 11) is 0. The van der Waals surface area contributed by atoms with Gasteiger partial charge >= 0.3 is 0 Å². The molecule has 1 aliphatic heterocycles. The van der Waals surface area contributed by atoms with E-state index in [1.165, 1.54) is 19.3 Å². The molecule has 2 heterocycles. The number of aromatic amines is 1. The summed E-state index contributed by atoms with van der Waals surface area (Å²) in [5.41, 5.74) is 0. The van der Waals surface area contributed by atoms with E-state index in [0.717, 1.165) is 18.9 Å². The van der Waals surface area contributed by atoms with Gasteiger partial charge in [0.1, 0.15) is 0 Å². The lowest BCUT2D eigenvalue weighted by Gasteiger charge is -2.19. The molecule has 84 valence electrons. The highest BCUT2D eigenvalue weighted by Gasteiger charge is 2.17. The zero-order valence-corrected chi connectivity index (χ0v) is 9.03. The largest absolute Gasteiger partial charge is 0.317 e. The first-order chi connectivity index (χ1) is 7.36. The summed E-state index contributed by atoms with van der Waals surface area (Å²) in [4.78, 5) is 0. The van der Waals surface area contributed by atoms with Gasteiger partial charge in [0, 0.05) is 6.04 Å². The quantitative estimate of drug-likeness (QED) is 0.654. The van der Waals surface area contributed by atoms with E-state index in [-0.39, 0.29) is 6.04 Å². The highest BCUT2D eigenvalue weighted by Crippen LogP contribution is 2.11. The molecule has 0 radical (unpaired) electrons. The van der Waals surface area contributed by atoms with Gasteiger partial charge in [-0.05, 0) is 39.3 Å². The zero-order valence-electron chi connectivity index (χ0n) is 9.03. The number of hydrogen-bond donors (Lipinski definition) is 3. The molecule has 0 aliphatic carbocycles. The van der Waals surface area contributed by atoms with E-state index in [9.17, 15) is 0 Å². The number of H-pyrrole nitrogens is 1. The maximum atomic E-state index is 3.98. The highest BCUT2D eigenvalue weighted by molar-refractivity contribution is 4.88. The van der Waals surface area contributed by atoms with Gasteiger partial charge in [-0.25, -0.2) is 0 Å². The van der Waals surface area contributed by atoms with Crippen LogP contribution in [0.2, 0.25) is 0 Å². The Bertz CT molecular complexity index is 264. The van der Waals surface area contributed by atoms with Crippen LogP contribution in [-0.4, -0.2) is 39.8 Å². The molecular formula is C9H18N6. The maximum Gasteiger partial charge on any atom is 0.191 e. The Hall–Kier alpha value is -1.01. The second kappa shape index (κ2) is 5.18. The molecule has 0 bridgehead atoms. The Kier molecular flexibility index (Phi) is 3.63. The van der Waals surface area contributed by atoms with Crippen molar-refractivity contribution in [2.24, 2.45) is 0 Å². The lowest BCUT2D eigenvalue weighted by molar-refractivity contribution is 0.411. The first-order valence-corrected chi connectivity index (χ1v) is 5.56. The first kappa shape index (κ1) is 10.5. The van der Waals surface area contributed by atoms with Gasteiger partial charge in [-0.2, -0.15) is 5.21 Å². The van der Waals surface area contributed by atoms with Gasteiger partial charge in [0.05, 0.1) is 6.04 Å². The van der Waals surface area contributed by atoms with Gasteiger partial charge in [-0.1, -0.05) is 5.21 Å². The normalized spacial score (nSPS) is 24.7. The van der Waals surface area contributed by atoms with Crippen molar-refractivity contribution >= 4 is 0 Å². The Morgan fingerprint density at radius 3 is 3.13 bits per heavy atom. The minimum Gasteiger partial charge on any atom is -0.317 e. The van der Waals surface area contributed by atoms with E-state index >= 15 is 0 Å². The number of hydrogen-bond acceptors (Lipinski definition) is 5. The van der Waals surface area contributed by atoms with E-state index in [0.29, 0.717) is 6.04 Å². The molecule has 2 atom stereocenters. The molecule has 1 aliphatic rings. The molecule has 1 fully saturated rings. The van der Waals surface area contributed by atoms with Gasteiger partial charge in [-0.15, -0.1) is 10.2 Å². The van der Waals surface area contributed by atoms with Crippen molar-refractivity contribution in [2.75, 3.05) is 13.1 Å². The summed E-state index contributed by atoms with van der Waals surface area (Å²) in [5, 5.41) is 20.9. The van der Waals surface area contributed by atoms with Gasteiger partial charge in [0.15, 0.2) is 5.82 Å². The molecule has 0 spiro atoms. The number of aromatic nitrogens is 4. The standard InChI is InChI=1S/C9H18N6/c1-7(9-12-14-15-13-9)11-8-3-2-5-10-6-4-8/h7-8,10-11H,2-6H2,1H3,(H,12,13,14,15). The molecule has 6 heteroatoms. The summed E-state index contributed by atoms with van der Waals surface area (Å²) >= 11 is 0. The van der Waals surface area contributed by atoms with Crippen molar-refractivity contribution in [1.82, 2.24) is 31.3 Å². The molecule has 6 nitrogen and oxygen atoms in total. The van der Waals surface area contributed by atoms with Crippen molar-refractivity contribution < 1.29 is 0 Å². The van der Waals surface area contributed by atoms with Crippen molar-refractivity contribution in [2.45, 2.75) is 38.3 Å². The molecule has 2 rings (SSSR count). The van der Waals surface area contributed by atoms with E-state index in [1.54, 1.807) is 0 Å². The molecule has 0 aromatic carbocycles. The van der Waals surface area contributed by atoms with Crippen LogP contribution in [0, 0.1) is 0 Å². The van der Waals surface area contributed by atoms with Crippen LogP contribution in [0.15, 0.2) is 0 Å². The molecule has 0 saturated carbocycles. The first-order valence-electron chi connectivity index (χ1n) is 5.56. The van der Waals surface area contributed by atoms with E-state index < -0.39 is 0 Å². The van der Waals surface area contributed by atoms with Crippen molar-refractivity contribution in [3.05, 3.63) is 5.82 Å². The minimum absolute atomic E-state index is 0.173. The average molecular weight is 210 g/mol. The van der Waals surface area contributed by atoms with Gasteiger partial charge in [0.25, 0.3) is 0 Å². The fraction of sp³-hybridized carbons (Fsp3) is 0.889. The van der Waals surface area contributed by atoms with Crippen LogP contribution >= 0.6 is 0 Å². The molecular weight excluding hydrogens is 192 g/mol. The molecule has 0 amide bonds. The van der Waals surface area contributed by atoms with Crippen LogP contribution in [-0.2, 0) is 0 Å². The lowest BCUT2D eigenvalue weighted by atomic mass is 10.1. The van der Waals surface area contributed by atoms with Crippen LogP contribution < -0.4 is 10.6 Å². The number of nitrogens with zero attached hydrogens (tertiary/aromatic N) is 3. The van der Waals surface area contributed by atoms with Crippen LogP contribution in [0.1, 0.15) is 38.1 Å². The lowest BCUT2D eigenvalue weighted by Crippen LogP contribution is -2.32. The third-order valence-corrected chi connectivity index (χ3v) is 2.81. The minimum atomic E-state index is 0.173. The monoisotopic (exact) mass is 210 g/mol. The van der Waals surface area contributed by atoms with Gasteiger partial charge in [0.2, 0.25) is 0 Å². The summed E-state index contributed by atoms with van der Waals surface area (Å²) in [5.74, 6) is 0.743. The number of tetrazole rings is 1. The van der Waals surface area contributed by atoms with Crippen molar-refractivity contribution in [3.63, 3.8) is 0 Å². The molecule has 3 N–H and O–H groups in total. The summed E-state index contributed by atoms with van der Waals surface area (Å²) in [6.07, 6.45) is 3.62. The molecule has 2 unspecified atom stereocenters. The van der Waals surface area contributed by atoms with Crippen LogP contribution in [0.4, 0.5) is 0 Å². The van der Waals surface area contributed by atoms with Gasteiger partial charge in [-0.3, -0.25) is 0 Å². The third kappa shape index (κ3) is 2.97. The summed E-state index contributed by atoms with van der Waals surface area (Å²) in [6.45, 7) is 4.30. The fourth-order valence-corrected chi connectivity index (χ4v) is 1.97. The molecule has 1 saturated heterocycles. The van der Waals surface area contributed by atoms with Crippen molar-refractivity contribution in [3.8, 4) is 0 Å². The van der Waals surface area contributed by atoms with Crippen LogP contribution in [0.25, 0.3) is 0 Å². The van der Waals surface area contributed by atoms with Crippen molar-refractivity contribution in [1.29, 1.82) is 0 Å². The van der Waals surface area contributed by atoms with Crippen LogP contribution in [0.5, 0.6) is 0 Å². The summed E-state index contributed by atoms with van der Waals surface area (Å²) in [6, 6.07) is 0.736. The smallest absolute Gasteiger partial charge is 0.191 e. The SMILES string of the molecule is CC(NC1CCCNCC1)c1nn[nH]n1. The Morgan fingerprint density at radius 2 is 2.33 bits per heavy atom. The average Bonchev–Trinajstić information content (AvgIpc) is 2.65. The second-order valence-corrected chi connectivity index (χ2v) is 4.04. The summed E-state index contributed by atoms with van der Waals surface area (Å²) < 4.78 is 0. The Morgan fingerprint density at radius 1 is 1.40 bits per heavy atom. The number of nitrogens with one attached hydrogen (secondary N) is 3. The Balaban J connectivity index is 1.84. The van der Waals surface area contributed by atoms with E-state index in [2.05, 4.69) is 38.2 Å². The fourth-order valence-electron chi connectivity index (χ4n) is 1.97. The molecule has 1 aromatic heterocycles. The third-order valence-electron chi connectivity index (χ3n) is 2.81. The predicted octanol–water partition coefficient (Wildman–Crippen LogP) is -0.00760. The highest BCUT2D eigenvalue weighted by atomic mass is 15.5. The topological polar surface area (TPSA) is 78.5 Å². The van der Waals surface area contributed by atoms with Gasteiger partial charge < -0.3 is 10.6 Å². The van der Waals surface area contributed by atoms with E-state index in [4.69, 9.17) is 0 Å². The maximum absolute atomic E-state index is 3.98. The zero-order chi connectivity index (χ0) is 10.5. The van der Waals surface area contributed by atoms with E-state index in [1.807, 2.05) is 0 Å². The van der Waals surface area contributed by atoms with Crippen LogP contribution in [0.3, 0.4) is 0 Å². The molecule has 1 aromatic rings. The second-order valence-electron chi connectivity index (χ2n) is 4.04.